The van der Waals surface area contributed by atoms with Gasteiger partial charge in [0.1, 0.15) is 0 Å². The van der Waals surface area contributed by atoms with E-state index in [-0.39, 0.29) is 10.8 Å². The highest BCUT2D eigenvalue weighted by molar-refractivity contribution is 8.01. The van der Waals surface area contributed by atoms with Crippen LogP contribution in [-0.2, 0) is 31.5 Å². The lowest BCUT2D eigenvalue weighted by molar-refractivity contribution is 0.589. The molecule has 1 atom stereocenters. The zero-order valence-corrected chi connectivity index (χ0v) is 35.9. The molecule has 3 nitrogen and oxygen atoms in total. The van der Waals surface area contributed by atoms with E-state index in [9.17, 15) is 12.6 Å². The van der Waals surface area contributed by atoms with E-state index >= 15 is 0 Å². The molecular weight excluding hydrogens is 737 g/mol. The fourth-order valence-corrected chi connectivity index (χ4v) is 13.4. The van der Waals surface area contributed by atoms with Gasteiger partial charge in [0.05, 0.1) is 30.4 Å². The summed E-state index contributed by atoms with van der Waals surface area (Å²) in [7, 11) is -5.16. The Labute approximate surface area is 338 Å². The largest absolute Gasteiger partial charge is 0.249 e. The maximum Gasteiger partial charge on any atom is 0.208 e. The molecule has 0 aromatic heterocycles. The zero-order valence-electron chi connectivity index (χ0n) is 34.3. The van der Waals surface area contributed by atoms with Crippen molar-refractivity contribution < 1.29 is 12.6 Å². The van der Waals surface area contributed by atoms with Gasteiger partial charge in [-0.1, -0.05) is 102 Å². The van der Waals surface area contributed by atoms with Crippen molar-refractivity contribution in [3.8, 4) is 0 Å². The van der Waals surface area contributed by atoms with Crippen molar-refractivity contribution >= 4 is 63.5 Å². The van der Waals surface area contributed by atoms with Crippen molar-refractivity contribution in [3.63, 3.8) is 0 Å². The lowest BCUT2D eigenvalue weighted by Crippen LogP contribution is -2.17. The summed E-state index contributed by atoms with van der Waals surface area (Å²) in [5.41, 5.74) is 16.8. The number of allylic oxidation sites excluding steroid dienone is 2. The van der Waals surface area contributed by atoms with E-state index in [0.29, 0.717) is 9.80 Å². The fraction of sp³-hybridized carbons (Fsp3) is 0.231. The predicted octanol–water partition coefficient (Wildman–Crippen LogP) is 10.7. The van der Waals surface area contributed by atoms with Crippen LogP contribution in [0.2, 0.25) is 0 Å². The summed E-state index contributed by atoms with van der Waals surface area (Å²) in [5, 5.41) is 3.93. The van der Waals surface area contributed by atoms with Crippen molar-refractivity contribution in [1.29, 1.82) is 0 Å². The Hall–Kier alpha value is -5.10. The number of hydrogen-bond acceptors (Lipinski definition) is 3. The van der Waals surface area contributed by atoms with E-state index in [0.717, 1.165) is 92.2 Å². The van der Waals surface area contributed by atoms with Crippen LogP contribution < -0.4 is 10.4 Å². The summed E-state index contributed by atoms with van der Waals surface area (Å²) < 4.78 is 43.9. The Morgan fingerprint density at radius 2 is 0.947 bits per heavy atom. The lowest BCUT2D eigenvalue weighted by Gasteiger charge is -2.23. The Balaban J connectivity index is 1.33. The molecule has 5 heteroatoms. The third kappa shape index (κ3) is 4.94. The van der Waals surface area contributed by atoms with Gasteiger partial charge in [0.25, 0.3) is 0 Å². The standard InChI is InChI=1S/C52H46O3S2/c1-27-19-33(51(5,6)7)20-28(2)43(27)45-37-23-32-26-40-38(24-31(32)25-39(37)49-47(45)35-15-11-13-17-41(35)56(49)53)46(44-29(3)21-34(22-30(44)4)52(8,9)10)48-36-16-12-14-18-42(36)57(54,55)50(40)48/h11-26H,1-10H3. The molecule has 0 saturated carbocycles. The molecule has 0 spiro atoms. The molecule has 0 bridgehead atoms. The number of fused-ring (bicyclic) bond motifs is 9. The van der Waals surface area contributed by atoms with Crippen molar-refractivity contribution in [2.45, 2.75) is 89.9 Å². The molecule has 2 heterocycles. The fourth-order valence-electron chi connectivity index (χ4n) is 9.95. The molecule has 6 aromatic carbocycles. The first kappa shape index (κ1) is 36.3. The third-order valence-corrected chi connectivity index (χ3v) is 16.1. The minimum Gasteiger partial charge on any atom is -0.249 e. The van der Waals surface area contributed by atoms with Gasteiger partial charge in [0.2, 0.25) is 9.84 Å². The molecule has 1 unspecified atom stereocenters. The summed E-state index contributed by atoms with van der Waals surface area (Å²) in [6, 6.07) is 33.5. The van der Waals surface area contributed by atoms with E-state index in [4.69, 9.17) is 0 Å². The molecule has 0 amide bonds. The van der Waals surface area contributed by atoms with Gasteiger partial charge in [-0.2, -0.15) is 0 Å². The number of rotatable bonds is 2. The zero-order chi connectivity index (χ0) is 40.2. The molecule has 57 heavy (non-hydrogen) atoms. The molecule has 0 fully saturated rings. The van der Waals surface area contributed by atoms with Crippen molar-refractivity contribution in [2.75, 3.05) is 0 Å². The van der Waals surface area contributed by atoms with Crippen LogP contribution >= 0.6 is 0 Å². The van der Waals surface area contributed by atoms with Crippen molar-refractivity contribution in [3.05, 3.63) is 174 Å². The molecule has 2 aliphatic heterocycles. The molecule has 0 radical (unpaired) electrons. The second kappa shape index (κ2) is 11.7. The highest BCUT2D eigenvalue weighted by Crippen LogP contribution is 2.54. The molecular formula is C52H46O3S2. The Bertz CT molecular complexity index is 3200. The smallest absolute Gasteiger partial charge is 0.208 e. The summed E-state index contributed by atoms with van der Waals surface area (Å²) >= 11 is 0. The molecule has 10 rings (SSSR count). The van der Waals surface area contributed by atoms with Gasteiger partial charge >= 0.3 is 0 Å². The quantitative estimate of drug-likeness (QED) is 0.176. The minimum absolute atomic E-state index is 0.00980. The maximum absolute atomic E-state index is 14.7. The SMILES string of the molecule is Cc1cc(C(C)(C)C)cc(C)c1C1=c2cc3cc4c(cc3cc2C2=C1c1ccccc1S2=O)=C(c1c(C)cc(C(C)(C)C)cc1C)C1=C4S(=O)(=O)c2ccccc21. The van der Waals surface area contributed by atoms with E-state index in [1.165, 1.54) is 27.8 Å². The summed E-state index contributed by atoms with van der Waals surface area (Å²) in [4.78, 5) is 2.49. The molecule has 2 aliphatic carbocycles. The molecule has 284 valence electrons. The van der Waals surface area contributed by atoms with Crippen LogP contribution in [0, 0.1) is 27.7 Å². The lowest BCUT2D eigenvalue weighted by atomic mass is 9.81. The summed E-state index contributed by atoms with van der Waals surface area (Å²) in [5.74, 6) is 0. The van der Waals surface area contributed by atoms with Gasteiger partial charge < -0.3 is 0 Å². The van der Waals surface area contributed by atoms with Gasteiger partial charge in [-0.25, -0.2) is 12.6 Å². The topological polar surface area (TPSA) is 51.2 Å². The second-order valence-electron chi connectivity index (χ2n) is 18.5. The van der Waals surface area contributed by atoms with Crippen LogP contribution in [0.25, 0.3) is 42.9 Å². The van der Waals surface area contributed by atoms with Crippen LogP contribution in [0.15, 0.2) is 107 Å². The average molecular weight is 783 g/mol. The monoisotopic (exact) mass is 782 g/mol. The van der Waals surface area contributed by atoms with Gasteiger partial charge in [-0.05, 0) is 152 Å². The van der Waals surface area contributed by atoms with E-state index in [2.05, 4.69) is 124 Å². The van der Waals surface area contributed by atoms with Crippen molar-refractivity contribution in [1.82, 2.24) is 0 Å². The average Bonchev–Trinajstić information content (AvgIpc) is 3.80. The van der Waals surface area contributed by atoms with E-state index in [1.54, 1.807) is 6.07 Å². The first-order valence-corrected chi connectivity index (χ1v) is 22.5. The van der Waals surface area contributed by atoms with Crippen LogP contribution in [0.4, 0.5) is 0 Å². The Morgan fingerprint density at radius 1 is 0.491 bits per heavy atom. The van der Waals surface area contributed by atoms with Crippen LogP contribution in [-0.4, -0.2) is 12.6 Å². The van der Waals surface area contributed by atoms with Gasteiger partial charge in [-0.3, -0.25) is 0 Å². The highest BCUT2D eigenvalue weighted by Gasteiger charge is 2.43. The Morgan fingerprint density at radius 3 is 1.49 bits per heavy atom. The van der Waals surface area contributed by atoms with Crippen LogP contribution in [0.5, 0.6) is 0 Å². The molecule has 4 aliphatic rings. The van der Waals surface area contributed by atoms with E-state index in [1.807, 2.05) is 36.4 Å². The summed E-state index contributed by atoms with van der Waals surface area (Å²) in [6.45, 7) is 22.1. The number of benzene rings is 6. The maximum atomic E-state index is 14.7. The second-order valence-corrected chi connectivity index (χ2v) is 21.8. The predicted molar refractivity (Wildman–Crippen MR) is 238 cm³/mol. The number of aryl methyl sites for hydroxylation is 4. The minimum atomic E-state index is -3.80. The Kier molecular flexibility index (Phi) is 7.47. The molecule has 0 N–H and O–H groups in total. The van der Waals surface area contributed by atoms with Crippen molar-refractivity contribution in [2.24, 2.45) is 0 Å². The van der Waals surface area contributed by atoms with Crippen LogP contribution in [0.1, 0.15) is 108 Å². The highest BCUT2D eigenvalue weighted by atomic mass is 32.2. The first-order chi connectivity index (χ1) is 26.9. The molecule has 0 saturated heterocycles. The first-order valence-electron chi connectivity index (χ1n) is 19.8. The number of sulfone groups is 1. The van der Waals surface area contributed by atoms with Gasteiger partial charge in [0, 0.05) is 33.4 Å². The normalized spacial score (nSPS) is 17.6. The van der Waals surface area contributed by atoms with Gasteiger partial charge in [0.15, 0.2) is 0 Å². The third-order valence-electron chi connectivity index (χ3n) is 12.6. The summed E-state index contributed by atoms with van der Waals surface area (Å²) in [6.07, 6.45) is 0. The van der Waals surface area contributed by atoms with Crippen LogP contribution in [0.3, 0.4) is 0 Å². The molecule has 6 aromatic rings. The van der Waals surface area contributed by atoms with E-state index < -0.39 is 20.6 Å². The number of hydrogen-bond donors (Lipinski definition) is 0. The van der Waals surface area contributed by atoms with Gasteiger partial charge in [-0.15, -0.1) is 0 Å².